The van der Waals surface area contributed by atoms with Gasteiger partial charge in [-0.25, -0.2) is 4.79 Å². The highest BCUT2D eigenvalue weighted by Crippen LogP contribution is 2.34. The molecule has 278 valence electrons. The molecule has 0 aromatic heterocycles. The molecule has 1 amide bonds. The summed E-state index contributed by atoms with van der Waals surface area (Å²) in [7, 11) is 1.70. The lowest BCUT2D eigenvalue weighted by Gasteiger charge is -2.43. The third-order valence-electron chi connectivity index (χ3n) is 9.09. The number of hydrogen-bond acceptors (Lipinski definition) is 13. The van der Waals surface area contributed by atoms with Crippen molar-refractivity contribution in [1.29, 1.82) is 0 Å². The minimum absolute atomic E-state index is 0.0398. The molecular weight excluding hydrogens is 674 g/mol. The second-order valence-electron chi connectivity index (χ2n) is 12.8. The van der Waals surface area contributed by atoms with Gasteiger partial charge >= 0.3 is 6.09 Å². The number of unbranched alkanes of at least 4 members (excludes halogenated alkanes) is 1. The lowest BCUT2D eigenvalue weighted by atomic mass is 9.93. The van der Waals surface area contributed by atoms with Crippen LogP contribution in [0.4, 0.5) is 10.5 Å². The number of anilines is 1. The number of carbonyl (C=O) groups excluding carboxylic acids is 1. The molecule has 2 heterocycles. The normalized spacial score (nSPS) is 23.8. The van der Waals surface area contributed by atoms with Gasteiger partial charge < -0.3 is 43.3 Å². The Kier molecular flexibility index (Phi) is 15.0. The molecule has 3 N–H and O–H groups in total. The van der Waals surface area contributed by atoms with Gasteiger partial charge in [0.15, 0.2) is 0 Å². The van der Waals surface area contributed by atoms with E-state index in [2.05, 4.69) is 15.8 Å². The maximum Gasteiger partial charge on any atom is 0.409 e. The third kappa shape index (κ3) is 11.6. The zero-order chi connectivity index (χ0) is 35.3. The molecule has 1 saturated heterocycles. The number of fused-ring (bicyclic) bond motifs is 1. The number of β-amino-alcohol motifs (C(OH)–C–C–N with tert-alkyl or cyclic N) is 1. The number of piperidine rings is 1. The number of halogens is 1. The summed E-state index contributed by atoms with van der Waals surface area (Å²) in [6.45, 7) is 3.55. The van der Waals surface area contributed by atoms with Crippen LogP contribution in [-0.2, 0) is 30.4 Å². The van der Waals surface area contributed by atoms with Crippen LogP contribution in [0.5, 0.6) is 11.5 Å². The number of aliphatic hydroxyl groups excluding tert-OH is 1. The third-order valence-corrected chi connectivity index (χ3v) is 9.35. The Bertz CT molecular complexity index is 1320. The molecule has 2 aromatic rings. The Balaban J connectivity index is 1.20. The van der Waals surface area contributed by atoms with E-state index in [-0.39, 0.29) is 50.5 Å². The average Bonchev–Trinajstić information content (AvgIpc) is 3.11. The average molecular weight is 724 g/mol. The van der Waals surface area contributed by atoms with Crippen LogP contribution in [0.1, 0.15) is 50.5 Å². The lowest BCUT2D eigenvalue weighted by molar-refractivity contribution is -0.492. The van der Waals surface area contributed by atoms with Crippen LogP contribution < -0.4 is 14.4 Å². The van der Waals surface area contributed by atoms with Gasteiger partial charge in [0.1, 0.15) is 36.4 Å². The van der Waals surface area contributed by atoms with Crippen molar-refractivity contribution in [2.75, 3.05) is 64.6 Å². The molecule has 0 bridgehead atoms. The number of rotatable bonds is 17. The highest BCUT2D eigenvalue weighted by molar-refractivity contribution is 6.30. The fraction of sp³-hybridized carbons (Fsp3) is 0.629. The molecule has 0 radical (unpaired) electrons. The molecule has 15 heteroatoms. The number of methoxy groups -OCH3 is 1. The van der Waals surface area contributed by atoms with E-state index in [0.29, 0.717) is 31.1 Å². The monoisotopic (exact) mass is 723 g/mol. The maximum atomic E-state index is 13.0. The molecule has 2 fully saturated rings. The Labute approximate surface area is 298 Å². The number of amides is 1. The van der Waals surface area contributed by atoms with Crippen molar-refractivity contribution in [3.63, 3.8) is 0 Å². The summed E-state index contributed by atoms with van der Waals surface area (Å²) in [5.74, 6) is 1.61. The van der Waals surface area contributed by atoms with Crippen LogP contribution in [0.3, 0.4) is 0 Å². The van der Waals surface area contributed by atoms with Gasteiger partial charge in [-0.05, 0) is 86.9 Å². The number of benzene rings is 2. The second kappa shape index (κ2) is 19.6. The zero-order valence-electron chi connectivity index (χ0n) is 28.6. The quantitative estimate of drug-likeness (QED) is 0.151. The van der Waals surface area contributed by atoms with Gasteiger partial charge in [-0.3, -0.25) is 15.3 Å². The summed E-state index contributed by atoms with van der Waals surface area (Å²) >= 11 is 6.01. The van der Waals surface area contributed by atoms with Crippen LogP contribution in [0.15, 0.2) is 42.5 Å². The van der Waals surface area contributed by atoms with Gasteiger partial charge in [0.2, 0.25) is 0 Å². The predicted molar refractivity (Wildman–Crippen MR) is 182 cm³/mol. The van der Waals surface area contributed by atoms with Crippen molar-refractivity contribution >= 4 is 23.4 Å². The fourth-order valence-corrected chi connectivity index (χ4v) is 6.63. The van der Waals surface area contributed by atoms with Crippen LogP contribution >= 0.6 is 11.6 Å². The molecule has 50 heavy (non-hydrogen) atoms. The Morgan fingerprint density at radius 1 is 0.980 bits per heavy atom. The molecule has 2 aromatic carbocycles. The van der Waals surface area contributed by atoms with E-state index in [1.165, 1.54) is 4.90 Å². The van der Waals surface area contributed by atoms with E-state index in [9.17, 15) is 9.90 Å². The second-order valence-corrected chi connectivity index (χ2v) is 13.2. The van der Waals surface area contributed by atoms with Gasteiger partial charge in [-0.15, -0.1) is 0 Å². The van der Waals surface area contributed by atoms with E-state index in [1.807, 2.05) is 36.4 Å². The van der Waals surface area contributed by atoms with Gasteiger partial charge in [0.05, 0.1) is 62.7 Å². The molecular formula is C35H50ClN3O11. The highest BCUT2D eigenvalue weighted by Gasteiger charge is 2.42. The van der Waals surface area contributed by atoms with Crippen LogP contribution in [0.25, 0.3) is 0 Å². The van der Waals surface area contributed by atoms with E-state index >= 15 is 0 Å². The first-order valence-corrected chi connectivity index (χ1v) is 17.8. The Hall–Kier alpha value is -2.92. The van der Waals surface area contributed by atoms with Crippen LogP contribution in [0.2, 0.25) is 5.02 Å². The predicted octanol–water partition coefficient (Wildman–Crippen LogP) is 4.84. The first-order valence-electron chi connectivity index (χ1n) is 17.4. The molecule has 1 saturated carbocycles. The summed E-state index contributed by atoms with van der Waals surface area (Å²) < 4.78 is 35.8. The molecule has 3 atom stereocenters. The number of nitrogens with zero attached hydrogens (tertiary/aromatic N) is 3. The molecule has 3 aliphatic rings. The van der Waals surface area contributed by atoms with E-state index < -0.39 is 24.4 Å². The van der Waals surface area contributed by atoms with Gasteiger partial charge in [-0.1, -0.05) is 17.7 Å². The fourth-order valence-electron chi connectivity index (χ4n) is 6.51. The summed E-state index contributed by atoms with van der Waals surface area (Å²) in [5, 5.41) is 29.0. The number of hydrogen-bond donors (Lipinski definition) is 3. The van der Waals surface area contributed by atoms with Gasteiger partial charge in [-0.2, -0.15) is 0 Å². The first kappa shape index (κ1) is 38.3. The summed E-state index contributed by atoms with van der Waals surface area (Å²) in [5.41, 5.74) is 1.94. The number of aliphatic hydroxyl groups is 1. The minimum atomic E-state index is -0.994. The number of likely N-dealkylation sites (tertiary alicyclic amines) is 1. The topological polar surface area (TPSA) is 152 Å². The molecule has 2 aliphatic heterocycles. The molecule has 1 aliphatic carbocycles. The van der Waals surface area contributed by atoms with Crippen molar-refractivity contribution in [3.8, 4) is 11.5 Å². The SMILES string of the molecule is COCCCN1CCOc2ccc(COC3CN(C(=O)OCCCCON(O)O)CC(O)C3OC3CCC(Oc4ccc(Cl)cc4)CC3)cc21. The van der Waals surface area contributed by atoms with Crippen molar-refractivity contribution in [3.05, 3.63) is 53.1 Å². The van der Waals surface area contributed by atoms with Crippen LogP contribution in [0, 0.1) is 0 Å². The van der Waals surface area contributed by atoms with E-state index in [4.69, 9.17) is 50.4 Å². The highest BCUT2D eigenvalue weighted by atomic mass is 35.5. The number of carbonyl (C=O) groups is 1. The number of ether oxygens (including phenoxy) is 6. The molecule has 0 spiro atoms. The molecule has 5 rings (SSSR count). The minimum Gasteiger partial charge on any atom is -0.490 e. The Morgan fingerprint density at radius 2 is 1.74 bits per heavy atom. The van der Waals surface area contributed by atoms with E-state index in [0.717, 1.165) is 67.9 Å². The first-order chi connectivity index (χ1) is 24.3. The smallest absolute Gasteiger partial charge is 0.409 e. The maximum absolute atomic E-state index is 13.0. The molecule has 14 nitrogen and oxygen atoms in total. The summed E-state index contributed by atoms with van der Waals surface area (Å²) in [6, 6.07) is 13.4. The largest absolute Gasteiger partial charge is 0.490 e. The van der Waals surface area contributed by atoms with Crippen molar-refractivity contribution in [1.82, 2.24) is 10.3 Å². The standard InChI is InChI=1S/C35H50ClN3O11/c1-44-17-4-15-37-16-20-45-32-14-5-25(21-30(32)37)24-47-33-23-38(35(41)46-18-2-3-19-48-39(42)43)22-31(40)34(33)50-29-12-10-28(11-13-29)49-27-8-6-26(36)7-9-27/h5-9,14,21,28-29,31,33-34,40,42-43H,2-4,10-13,15-20,22-24H2,1H3. The van der Waals surface area contributed by atoms with Gasteiger partial charge in [0, 0.05) is 25.3 Å². The zero-order valence-corrected chi connectivity index (χ0v) is 29.3. The lowest BCUT2D eigenvalue weighted by Crippen LogP contribution is -2.59. The molecule has 3 unspecified atom stereocenters. The summed E-state index contributed by atoms with van der Waals surface area (Å²) in [4.78, 5) is 21.3. The Morgan fingerprint density at radius 3 is 2.50 bits per heavy atom. The van der Waals surface area contributed by atoms with Crippen LogP contribution in [-0.4, -0.2) is 122 Å². The van der Waals surface area contributed by atoms with Crippen molar-refractivity contribution < 1.29 is 53.6 Å². The van der Waals surface area contributed by atoms with E-state index in [1.54, 1.807) is 7.11 Å². The van der Waals surface area contributed by atoms with Crippen molar-refractivity contribution in [2.24, 2.45) is 0 Å². The van der Waals surface area contributed by atoms with Crippen molar-refractivity contribution in [2.45, 2.75) is 82.1 Å². The summed E-state index contributed by atoms with van der Waals surface area (Å²) in [6.07, 6.45) is 2.06. The van der Waals surface area contributed by atoms with Gasteiger partial charge in [0.25, 0.3) is 0 Å².